The first-order valence-corrected chi connectivity index (χ1v) is 9.12. The summed E-state index contributed by atoms with van der Waals surface area (Å²) in [6.07, 6.45) is 1.58. The number of pyridine rings is 1. The number of hydrogen-bond donors (Lipinski definition) is 2. The standard InChI is InChI=1S/C20H16N4O2S/c1-13-9-10-17(27-13)16-12-18(24-23-16)22-19(25)15-8-5-11-21-20(15)26-14-6-3-2-4-7-14/h2-12H,1H3,(H2,22,23,24,25). The van der Waals surface area contributed by atoms with Crippen molar-refractivity contribution in [3.63, 3.8) is 0 Å². The molecule has 4 aromatic rings. The number of aryl methyl sites for hydroxylation is 1. The van der Waals surface area contributed by atoms with Crippen molar-refractivity contribution in [3.05, 3.63) is 77.3 Å². The van der Waals surface area contributed by atoms with E-state index in [-0.39, 0.29) is 11.8 Å². The van der Waals surface area contributed by atoms with Crippen LogP contribution >= 0.6 is 11.3 Å². The van der Waals surface area contributed by atoms with Crippen molar-refractivity contribution in [3.8, 4) is 22.2 Å². The van der Waals surface area contributed by atoms with E-state index in [0.29, 0.717) is 17.1 Å². The summed E-state index contributed by atoms with van der Waals surface area (Å²) in [7, 11) is 0. The highest BCUT2D eigenvalue weighted by Crippen LogP contribution is 2.28. The normalized spacial score (nSPS) is 10.6. The zero-order chi connectivity index (χ0) is 18.6. The van der Waals surface area contributed by atoms with E-state index in [0.717, 1.165) is 10.6 Å². The monoisotopic (exact) mass is 376 g/mol. The molecule has 6 nitrogen and oxygen atoms in total. The number of ether oxygens (including phenoxy) is 1. The lowest BCUT2D eigenvalue weighted by Crippen LogP contribution is -2.13. The summed E-state index contributed by atoms with van der Waals surface area (Å²) in [5, 5.41) is 9.90. The van der Waals surface area contributed by atoms with Gasteiger partial charge in [0.2, 0.25) is 5.88 Å². The molecule has 0 aliphatic carbocycles. The molecular formula is C20H16N4O2S. The number of carbonyl (C=O) groups is 1. The van der Waals surface area contributed by atoms with Crippen LogP contribution in [0.2, 0.25) is 0 Å². The molecule has 0 saturated carbocycles. The van der Waals surface area contributed by atoms with E-state index in [4.69, 9.17) is 4.74 Å². The summed E-state index contributed by atoms with van der Waals surface area (Å²) in [5.41, 5.74) is 1.19. The van der Waals surface area contributed by atoms with Crippen LogP contribution in [0.3, 0.4) is 0 Å². The maximum absolute atomic E-state index is 12.7. The first-order chi connectivity index (χ1) is 13.2. The van der Waals surface area contributed by atoms with Crippen molar-refractivity contribution < 1.29 is 9.53 Å². The molecule has 27 heavy (non-hydrogen) atoms. The average molecular weight is 376 g/mol. The Balaban J connectivity index is 1.53. The summed E-state index contributed by atoms with van der Waals surface area (Å²) in [5.74, 6) is 0.955. The molecule has 0 bridgehead atoms. The van der Waals surface area contributed by atoms with Crippen LogP contribution in [-0.4, -0.2) is 21.1 Å². The van der Waals surface area contributed by atoms with Gasteiger partial charge in [0, 0.05) is 17.1 Å². The number of benzene rings is 1. The summed E-state index contributed by atoms with van der Waals surface area (Å²) < 4.78 is 5.75. The van der Waals surface area contributed by atoms with Gasteiger partial charge >= 0.3 is 0 Å². The van der Waals surface area contributed by atoms with Gasteiger partial charge in [-0.05, 0) is 43.3 Å². The van der Waals surface area contributed by atoms with Crippen LogP contribution in [0.15, 0.2) is 66.9 Å². The van der Waals surface area contributed by atoms with Crippen molar-refractivity contribution in [1.82, 2.24) is 15.2 Å². The maximum atomic E-state index is 12.7. The molecule has 3 aromatic heterocycles. The Hall–Kier alpha value is -3.45. The number of rotatable bonds is 5. The van der Waals surface area contributed by atoms with Crippen molar-refractivity contribution in [1.29, 1.82) is 0 Å². The fraction of sp³-hybridized carbons (Fsp3) is 0.0500. The van der Waals surface area contributed by atoms with Gasteiger partial charge in [0.1, 0.15) is 11.3 Å². The molecular weight excluding hydrogens is 360 g/mol. The number of amides is 1. The third-order valence-electron chi connectivity index (χ3n) is 3.80. The Labute approximate surface area is 159 Å². The number of aromatic nitrogens is 3. The number of hydrogen-bond acceptors (Lipinski definition) is 5. The van der Waals surface area contributed by atoms with Crippen molar-refractivity contribution >= 4 is 23.1 Å². The molecule has 7 heteroatoms. The van der Waals surface area contributed by atoms with E-state index in [1.807, 2.05) is 37.3 Å². The number of thiophene rings is 1. The number of para-hydroxylation sites is 1. The number of H-pyrrole nitrogens is 1. The van der Waals surface area contributed by atoms with Gasteiger partial charge in [-0.15, -0.1) is 11.3 Å². The number of anilines is 1. The van der Waals surface area contributed by atoms with Gasteiger partial charge in [-0.1, -0.05) is 18.2 Å². The fourth-order valence-electron chi connectivity index (χ4n) is 2.52. The Morgan fingerprint density at radius 1 is 1.11 bits per heavy atom. The van der Waals surface area contributed by atoms with E-state index in [9.17, 15) is 4.79 Å². The number of aromatic amines is 1. The Morgan fingerprint density at radius 3 is 2.74 bits per heavy atom. The van der Waals surface area contributed by atoms with Crippen molar-refractivity contribution in [2.75, 3.05) is 5.32 Å². The van der Waals surface area contributed by atoms with Crippen LogP contribution in [0.1, 0.15) is 15.2 Å². The second-order valence-electron chi connectivity index (χ2n) is 5.80. The van der Waals surface area contributed by atoms with Gasteiger partial charge in [0.15, 0.2) is 5.82 Å². The van der Waals surface area contributed by atoms with Crippen molar-refractivity contribution in [2.45, 2.75) is 6.92 Å². The summed E-state index contributed by atoms with van der Waals surface area (Å²) >= 11 is 1.66. The highest BCUT2D eigenvalue weighted by atomic mass is 32.1. The third kappa shape index (κ3) is 3.88. The quantitative estimate of drug-likeness (QED) is 0.520. The number of nitrogens with one attached hydrogen (secondary N) is 2. The van der Waals surface area contributed by atoms with Gasteiger partial charge < -0.3 is 10.1 Å². The van der Waals surface area contributed by atoms with Gasteiger partial charge in [-0.3, -0.25) is 9.89 Å². The molecule has 0 spiro atoms. The second-order valence-corrected chi connectivity index (χ2v) is 7.09. The molecule has 2 N–H and O–H groups in total. The first kappa shape index (κ1) is 17.0. The number of carbonyl (C=O) groups excluding carboxylic acids is 1. The van der Waals surface area contributed by atoms with Crippen LogP contribution in [0.4, 0.5) is 5.82 Å². The van der Waals surface area contributed by atoms with Crippen LogP contribution in [0, 0.1) is 6.92 Å². The minimum absolute atomic E-state index is 0.242. The maximum Gasteiger partial charge on any atom is 0.262 e. The lowest BCUT2D eigenvalue weighted by molar-refractivity contribution is 0.102. The molecule has 0 atom stereocenters. The SMILES string of the molecule is Cc1ccc(-c2cc(NC(=O)c3cccnc3Oc3ccccc3)n[nH]2)s1. The molecule has 0 fully saturated rings. The summed E-state index contributed by atoms with van der Waals surface area (Å²) in [6, 6.07) is 18.4. The predicted octanol–water partition coefficient (Wildman–Crippen LogP) is 4.89. The molecule has 1 amide bonds. The fourth-order valence-corrected chi connectivity index (χ4v) is 3.35. The number of nitrogens with zero attached hydrogens (tertiary/aromatic N) is 2. The average Bonchev–Trinajstić information content (AvgIpc) is 3.32. The lowest BCUT2D eigenvalue weighted by Gasteiger charge is -2.09. The van der Waals surface area contributed by atoms with Gasteiger partial charge in [-0.2, -0.15) is 5.10 Å². The summed E-state index contributed by atoms with van der Waals surface area (Å²) in [6.45, 7) is 2.05. The van der Waals surface area contributed by atoms with Gasteiger partial charge in [0.05, 0.1) is 10.6 Å². The van der Waals surface area contributed by atoms with E-state index in [1.165, 1.54) is 4.88 Å². The van der Waals surface area contributed by atoms with E-state index in [1.54, 1.807) is 47.9 Å². The smallest absolute Gasteiger partial charge is 0.262 e. The van der Waals surface area contributed by atoms with E-state index < -0.39 is 0 Å². The minimum atomic E-state index is -0.338. The van der Waals surface area contributed by atoms with E-state index >= 15 is 0 Å². The molecule has 0 aliphatic heterocycles. The third-order valence-corrected chi connectivity index (χ3v) is 4.83. The lowest BCUT2D eigenvalue weighted by atomic mass is 10.2. The molecule has 0 radical (unpaired) electrons. The Kier molecular flexibility index (Phi) is 4.67. The molecule has 0 aliphatic rings. The van der Waals surface area contributed by atoms with Gasteiger partial charge in [-0.25, -0.2) is 4.98 Å². The first-order valence-electron chi connectivity index (χ1n) is 8.30. The van der Waals surface area contributed by atoms with E-state index in [2.05, 4.69) is 20.5 Å². The van der Waals surface area contributed by atoms with Gasteiger partial charge in [0.25, 0.3) is 5.91 Å². The Bertz CT molecular complexity index is 1070. The topological polar surface area (TPSA) is 79.9 Å². The molecule has 134 valence electrons. The predicted molar refractivity (Wildman–Crippen MR) is 105 cm³/mol. The largest absolute Gasteiger partial charge is 0.438 e. The van der Waals surface area contributed by atoms with Crippen LogP contribution in [0.25, 0.3) is 10.6 Å². The van der Waals surface area contributed by atoms with Crippen molar-refractivity contribution in [2.24, 2.45) is 0 Å². The minimum Gasteiger partial charge on any atom is -0.438 e. The van der Waals surface area contributed by atoms with Crippen LogP contribution in [-0.2, 0) is 0 Å². The summed E-state index contributed by atoms with van der Waals surface area (Å²) in [4.78, 5) is 19.2. The molecule has 3 heterocycles. The molecule has 4 rings (SSSR count). The zero-order valence-electron chi connectivity index (χ0n) is 14.5. The van der Waals surface area contributed by atoms with Crippen LogP contribution < -0.4 is 10.1 Å². The molecule has 0 saturated heterocycles. The Morgan fingerprint density at radius 2 is 1.96 bits per heavy atom. The second kappa shape index (κ2) is 7.43. The zero-order valence-corrected chi connectivity index (χ0v) is 15.3. The molecule has 1 aromatic carbocycles. The van der Waals surface area contributed by atoms with Crippen LogP contribution in [0.5, 0.6) is 11.6 Å². The highest BCUT2D eigenvalue weighted by Gasteiger charge is 2.16. The molecule has 0 unspecified atom stereocenters. The highest BCUT2D eigenvalue weighted by molar-refractivity contribution is 7.15.